The van der Waals surface area contributed by atoms with Gasteiger partial charge in [-0.25, -0.2) is 4.98 Å². The molecule has 2 aromatic rings. The fraction of sp³-hybridized carbons (Fsp3) is 0.478. The van der Waals surface area contributed by atoms with E-state index >= 15 is 0 Å². The smallest absolute Gasteiger partial charge is 0.254 e. The van der Waals surface area contributed by atoms with Crippen molar-refractivity contribution in [3.8, 4) is 0 Å². The first-order valence-corrected chi connectivity index (χ1v) is 10.7. The standard InChI is InChI=1S/C23H28N4O3/c1-4-8-18-23(16-9-6-7-10-17(16)25-22(23)30)11-12-27(18)20(28)13-15-14(3)24-19(5-2)26-21(15)29/h6-7,9-10,18H,4-5,8,11-13H2,1-3H3,(H,25,30)(H,24,26,29)/t18-,23-/m0/s1. The van der Waals surface area contributed by atoms with Crippen LogP contribution in [-0.4, -0.2) is 39.3 Å². The van der Waals surface area contributed by atoms with Crippen molar-refractivity contribution in [2.24, 2.45) is 0 Å². The lowest BCUT2D eigenvalue weighted by atomic mass is 9.73. The van der Waals surface area contributed by atoms with Crippen LogP contribution in [0.25, 0.3) is 0 Å². The number of anilines is 1. The first-order chi connectivity index (χ1) is 14.4. The molecule has 1 aromatic heterocycles. The summed E-state index contributed by atoms with van der Waals surface area (Å²) in [5.41, 5.74) is 1.85. The summed E-state index contributed by atoms with van der Waals surface area (Å²) in [4.78, 5) is 48.0. The molecule has 158 valence electrons. The van der Waals surface area contributed by atoms with Gasteiger partial charge in [0.2, 0.25) is 11.8 Å². The molecular weight excluding hydrogens is 380 g/mol. The maximum atomic E-state index is 13.3. The molecule has 2 N–H and O–H groups in total. The molecule has 4 rings (SSSR count). The van der Waals surface area contributed by atoms with E-state index in [2.05, 4.69) is 22.2 Å². The van der Waals surface area contributed by atoms with E-state index in [1.807, 2.05) is 36.1 Å². The van der Waals surface area contributed by atoms with Gasteiger partial charge in [0.1, 0.15) is 5.82 Å². The SMILES string of the molecule is CCC[C@@H]1N(C(=O)Cc2c(C)nc(CC)[nH]c2=O)CC[C@@]12C(=O)Nc1ccccc12. The van der Waals surface area contributed by atoms with Gasteiger partial charge in [0.15, 0.2) is 0 Å². The normalized spacial score (nSPS) is 22.4. The zero-order chi connectivity index (χ0) is 21.5. The predicted molar refractivity (Wildman–Crippen MR) is 114 cm³/mol. The molecule has 2 atom stereocenters. The van der Waals surface area contributed by atoms with Crippen LogP contribution in [-0.2, 0) is 27.8 Å². The van der Waals surface area contributed by atoms with E-state index < -0.39 is 5.41 Å². The number of nitrogens with zero attached hydrogens (tertiary/aromatic N) is 2. The minimum absolute atomic E-state index is 0.00226. The van der Waals surface area contributed by atoms with Gasteiger partial charge in [0, 0.05) is 29.9 Å². The van der Waals surface area contributed by atoms with E-state index in [-0.39, 0.29) is 29.8 Å². The van der Waals surface area contributed by atoms with Crippen LogP contribution in [0.1, 0.15) is 55.8 Å². The number of benzene rings is 1. The zero-order valence-corrected chi connectivity index (χ0v) is 17.7. The van der Waals surface area contributed by atoms with E-state index in [1.54, 1.807) is 6.92 Å². The van der Waals surface area contributed by atoms with Crippen LogP contribution in [0.4, 0.5) is 5.69 Å². The molecule has 0 saturated carbocycles. The van der Waals surface area contributed by atoms with Crippen molar-refractivity contribution in [1.29, 1.82) is 0 Å². The van der Waals surface area contributed by atoms with Crippen molar-refractivity contribution in [3.05, 3.63) is 57.3 Å². The molecule has 1 aromatic carbocycles. The first kappa shape index (κ1) is 20.3. The molecule has 1 fully saturated rings. The van der Waals surface area contributed by atoms with Gasteiger partial charge in [-0.15, -0.1) is 0 Å². The number of para-hydroxylation sites is 1. The molecule has 0 bridgehead atoms. The topological polar surface area (TPSA) is 95.2 Å². The number of amides is 2. The Kier molecular flexibility index (Phi) is 5.22. The molecule has 7 heteroatoms. The molecule has 0 aliphatic carbocycles. The van der Waals surface area contributed by atoms with Gasteiger partial charge >= 0.3 is 0 Å². The molecule has 7 nitrogen and oxygen atoms in total. The lowest BCUT2D eigenvalue weighted by Gasteiger charge is -2.34. The quantitative estimate of drug-likeness (QED) is 0.795. The number of H-pyrrole nitrogens is 1. The molecule has 3 heterocycles. The van der Waals surface area contributed by atoms with Crippen molar-refractivity contribution in [2.75, 3.05) is 11.9 Å². The summed E-state index contributed by atoms with van der Waals surface area (Å²) in [6, 6.07) is 7.54. The highest BCUT2D eigenvalue weighted by atomic mass is 16.2. The third-order valence-corrected chi connectivity index (χ3v) is 6.57. The Morgan fingerprint density at radius 3 is 2.73 bits per heavy atom. The van der Waals surface area contributed by atoms with E-state index in [1.165, 1.54) is 0 Å². The number of fused-ring (bicyclic) bond motifs is 2. The van der Waals surface area contributed by atoms with E-state index in [0.29, 0.717) is 36.5 Å². The van der Waals surface area contributed by atoms with Gasteiger partial charge in [-0.2, -0.15) is 0 Å². The molecule has 30 heavy (non-hydrogen) atoms. The Morgan fingerprint density at radius 1 is 1.27 bits per heavy atom. The minimum Gasteiger partial charge on any atom is -0.338 e. The Labute approximate surface area is 175 Å². The molecule has 1 spiro atoms. The van der Waals surface area contributed by atoms with Crippen LogP contribution in [0.15, 0.2) is 29.1 Å². The Morgan fingerprint density at radius 2 is 2.03 bits per heavy atom. The van der Waals surface area contributed by atoms with Gasteiger partial charge in [-0.1, -0.05) is 38.5 Å². The second-order valence-corrected chi connectivity index (χ2v) is 8.22. The van der Waals surface area contributed by atoms with Gasteiger partial charge in [-0.05, 0) is 31.4 Å². The van der Waals surface area contributed by atoms with Crippen molar-refractivity contribution < 1.29 is 9.59 Å². The number of likely N-dealkylation sites (tertiary alicyclic amines) is 1. The zero-order valence-electron chi connectivity index (χ0n) is 17.7. The average Bonchev–Trinajstić information content (AvgIpc) is 3.24. The number of hydrogen-bond acceptors (Lipinski definition) is 4. The number of hydrogen-bond donors (Lipinski definition) is 2. The summed E-state index contributed by atoms with van der Waals surface area (Å²) in [6.07, 6.45) is 2.81. The molecule has 2 aliphatic rings. The lowest BCUT2D eigenvalue weighted by Crippen LogP contribution is -2.49. The highest BCUT2D eigenvalue weighted by Crippen LogP contribution is 2.49. The van der Waals surface area contributed by atoms with Crippen molar-refractivity contribution in [2.45, 2.75) is 64.3 Å². The van der Waals surface area contributed by atoms with Crippen LogP contribution in [0.3, 0.4) is 0 Å². The number of carbonyl (C=O) groups excluding carboxylic acids is 2. The summed E-state index contributed by atoms with van der Waals surface area (Å²) in [7, 11) is 0. The molecule has 1 saturated heterocycles. The van der Waals surface area contributed by atoms with Gasteiger partial charge < -0.3 is 15.2 Å². The fourth-order valence-corrected chi connectivity index (χ4v) is 5.07. The average molecular weight is 409 g/mol. The van der Waals surface area contributed by atoms with E-state index in [9.17, 15) is 14.4 Å². The summed E-state index contributed by atoms with van der Waals surface area (Å²) < 4.78 is 0. The van der Waals surface area contributed by atoms with Crippen LogP contribution in [0.2, 0.25) is 0 Å². The monoisotopic (exact) mass is 408 g/mol. The number of aromatic amines is 1. The van der Waals surface area contributed by atoms with Crippen LogP contribution in [0, 0.1) is 6.92 Å². The minimum atomic E-state index is -0.714. The Bertz CT molecular complexity index is 1060. The Hall–Kier alpha value is -2.96. The van der Waals surface area contributed by atoms with Gasteiger partial charge in [0.05, 0.1) is 17.9 Å². The number of rotatable bonds is 5. The fourth-order valence-electron chi connectivity index (χ4n) is 5.07. The van der Waals surface area contributed by atoms with Crippen LogP contribution >= 0.6 is 0 Å². The largest absolute Gasteiger partial charge is 0.338 e. The number of aryl methyl sites for hydroxylation is 2. The van der Waals surface area contributed by atoms with E-state index in [4.69, 9.17) is 0 Å². The van der Waals surface area contributed by atoms with Crippen LogP contribution < -0.4 is 10.9 Å². The predicted octanol–water partition coefficient (Wildman–Crippen LogP) is 2.47. The second-order valence-electron chi connectivity index (χ2n) is 8.22. The second kappa shape index (κ2) is 7.70. The van der Waals surface area contributed by atoms with Crippen LogP contribution in [0.5, 0.6) is 0 Å². The number of aromatic nitrogens is 2. The molecule has 2 aliphatic heterocycles. The highest BCUT2D eigenvalue weighted by molar-refractivity contribution is 6.07. The highest BCUT2D eigenvalue weighted by Gasteiger charge is 2.58. The van der Waals surface area contributed by atoms with E-state index in [0.717, 1.165) is 24.1 Å². The molecule has 2 amide bonds. The first-order valence-electron chi connectivity index (χ1n) is 10.7. The molecule has 0 unspecified atom stereocenters. The van der Waals surface area contributed by atoms with Gasteiger partial charge in [-0.3, -0.25) is 14.4 Å². The summed E-state index contributed by atoms with van der Waals surface area (Å²) in [6.45, 7) is 6.26. The Balaban J connectivity index is 1.67. The lowest BCUT2D eigenvalue weighted by molar-refractivity contribution is -0.132. The third-order valence-electron chi connectivity index (χ3n) is 6.57. The maximum Gasteiger partial charge on any atom is 0.254 e. The number of nitrogens with one attached hydrogen (secondary N) is 2. The molecule has 0 radical (unpaired) electrons. The maximum absolute atomic E-state index is 13.3. The van der Waals surface area contributed by atoms with Crippen molar-refractivity contribution in [3.63, 3.8) is 0 Å². The number of carbonyl (C=O) groups is 2. The third kappa shape index (κ3) is 3.04. The summed E-state index contributed by atoms with van der Waals surface area (Å²) in [5.74, 6) is 0.472. The molecular formula is C23H28N4O3. The summed E-state index contributed by atoms with van der Waals surface area (Å²) >= 11 is 0. The van der Waals surface area contributed by atoms with Gasteiger partial charge in [0.25, 0.3) is 5.56 Å². The summed E-state index contributed by atoms with van der Waals surface area (Å²) in [5, 5.41) is 3.02. The van der Waals surface area contributed by atoms with Crippen molar-refractivity contribution >= 4 is 17.5 Å². The van der Waals surface area contributed by atoms with Crippen molar-refractivity contribution in [1.82, 2.24) is 14.9 Å².